The number of carboxylic acid groups (broad SMARTS) is 1. The molecule has 0 aliphatic heterocycles. The van der Waals surface area contributed by atoms with Crippen LogP contribution in [-0.2, 0) is 20.8 Å². The number of carbonyl (C=O) groups is 3. The predicted molar refractivity (Wildman–Crippen MR) is 117 cm³/mol. The van der Waals surface area contributed by atoms with Crippen LogP contribution in [0.5, 0.6) is 0 Å². The molecule has 10 N–H and O–H groups in total. The summed E-state index contributed by atoms with van der Waals surface area (Å²) in [7, 11) is 0. The quantitative estimate of drug-likeness (QED) is 0.136. The fourth-order valence-corrected chi connectivity index (χ4v) is 3.07. The lowest BCUT2D eigenvalue weighted by molar-refractivity contribution is -0.142. The van der Waals surface area contributed by atoms with Crippen molar-refractivity contribution in [1.29, 1.82) is 0 Å². The fraction of sp³-hybridized carbons (Fsp3) is 0.400. The summed E-state index contributed by atoms with van der Waals surface area (Å²) >= 11 is 0. The molecule has 0 bridgehead atoms. The number of guanidine groups is 1. The van der Waals surface area contributed by atoms with Gasteiger partial charge in [0.2, 0.25) is 11.8 Å². The van der Waals surface area contributed by atoms with Gasteiger partial charge in [-0.2, -0.15) is 0 Å². The molecule has 0 spiro atoms. The Labute approximate surface area is 179 Å². The number of amides is 2. The van der Waals surface area contributed by atoms with Crippen molar-refractivity contribution in [3.63, 3.8) is 0 Å². The van der Waals surface area contributed by atoms with E-state index in [1.165, 1.54) is 6.92 Å². The molecule has 3 unspecified atom stereocenters. The van der Waals surface area contributed by atoms with E-state index in [1.54, 1.807) is 6.20 Å². The molecule has 0 saturated carbocycles. The molecule has 11 heteroatoms. The molecule has 1 aromatic carbocycles. The Morgan fingerprint density at radius 3 is 2.55 bits per heavy atom. The van der Waals surface area contributed by atoms with E-state index in [0.717, 1.165) is 16.5 Å². The first-order valence-electron chi connectivity index (χ1n) is 9.88. The maximum atomic E-state index is 12.4. The highest BCUT2D eigenvalue weighted by molar-refractivity contribution is 5.92. The van der Waals surface area contributed by atoms with Crippen molar-refractivity contribution in [2.24, 2.45) is 22.2 Å². The molecule has 0 aliphatic carbocycles. The van der Waals surface area contributed by atoms with Crippen molar-refractivity contribution >= 4 is 34.6 Å². The minimum atomic E-state index is -1.19. The number of nitrogens with zero attached hydrogens (tertiary/aromatic N) is 1. The molecule has 168 valence electrons. The Morgan fingerprint density at radius 1 is 1.16 bits per heavy atom. The van der Waals surface area contributed by atoms with Gasteiger partial charge in [0.25, 0.3) is 0 Å². The molecule has 2 aromatic rings. The Kier molecular flexibility index (Phi) is 8.38. The number of fused-ring (bicyclic) bond motifs is 1. The number of aromatic nitrogens is 1. The van der Waals surface area contributed by atoms with Gasteiger partial charge in [-0.15, -0.1) is 0 Å². The number of aromatic amines is 1. The summed E-state index contributed by atoms with van der Waals surface area (Å²) in [6, 6.07) is 4.70. The SMILES string of the molecule is CC(NC(=O)C(N)Cc1c[nH]c2ccccc12)C(=O)NC(CCCN=C(N)N)C(=O)O. The van der Waals surface area contributed by atoms with E-state index < -0.39 is 35.9 Å². The van der Waals surface area contributed by atoms with Crippen LogP contribution in [0.4, 0.5) is 0 Å². The first kappa shape index (κ1) is 23.7. The lowest BCUT2D eigenvalue weighted by Crippen LogP contribution is -2.53. The van der Waals surface area contributed by atoms with Crippen LogP contribution in [0, 0.1) is 0 Å². The molecule has 1 heterocycles. The van der Waals surface area contributed by atoms with Crippen molar-refractivity contribution in [1.82, 2.24) is 15.6 Å². The number of nitrogens with one attached hydrogen (secondary N) is 3. The van der Waals surface area contributed by atoms with Crippen molar-refractivity contribution in [2.75, 3.05) is 6.54 Å². The van der Waals surface area contributed by atoms with Crippen molar-refractivity contribution in [3.05, 3.63) is 36.0 Å². The van der Waals surface area contributed by atoms with E-state index in [4.69, 9.17) is 17.2 Å². The number of hydrogen-bond acceptors (Lipinski definition) is 5. The van der Waals surface area contributed by atoms with Crippen LogP contribution in [0.15, 0.2) is 35.5 Å². The molecule has 0 saturated heterocycles. The van der Waals surface area contributed by atoms with Gasteiger partial charge >= 0.3 is 5.97 Å². The van der Waals surface area contributed by atoms with Gasteiger partial charge in [0.15, 0.2) is 5.96 Å². The standard InChI is InChI=1S/C20H29N7O4/c1-11(17(28)27-16(19(30)31)7-4-8-24-20(22)23)26-18(29)14(21)9-12-10-25-15-6-3-2-5-13(12)15/h2-3,5-6,10-11,14,16,25H,4,7-9,21H2,1H3,(H,26,29)(H,27,28)(H,30,31)(H4,22,23,24). The second kappa shape index (κ2) is 11.0. The Bertz CT molecular complexity index is 952. The van der Waals surface area contributed by atoms with E-state index in [2.05, 4.69) is 20.6 Å². The number of aliphatic carboxylic acids is 1. The average molecular weight is 431 g/mol. The zero-order valence-corrected chi connectivity index (χ0v) is 17.3. The zero-order valence-electron chi connectivity index (χ0n) is 17.3. The van der Waals surface area contributed by atoms with Gasteiger partial charge in [0, 0.05) is 23.6 Å². The number of nitrogens with two attached hydrogens (primary N) is 3. The van der Waals surface area contributed by atoms with Gasteiger partial charge in [-0.25, -0.2) is 4.79 Å². The second-order valence-corrected chi connectivity index (χ2v) is 7.25. The van der Waals surface area contributed by atoms with Gasteiger partial charge < -0.3 is 37.9 Å². The first-order valence-corrected chi connectivity index (χ1v) is 9.88. The highest BCUT2D eigenvalue weighted by atomic mass is 16.4. The second-order valence-electron chi connectivity index (χ2n) is 7.25. The van der Waals surface area contributed by atoms with Crippen LogP contribution in [-0.4, -0.2) is 58.5 Å². The van der Waals surface area contributed by atoms with Crippen molar-refractivity contribution < 1.29 is 19.5 Å². The third-order valence-electron chi connectivity index (χ3n) is 4.76. The molecular formula is C20H29N7O4. The summed E-state index contributed by atoms with van der Waals surface area (Å²) in [5.41, 5.74) is 18.3. The number of carboxylic acids is 1. The third kappa shape index (κ3) is 7.00. The Balaban J connectivity index is 1.87. The number of para-hydroxylation sites is 1. The van der Waals surface area contributed by atoms with Crippen LogP contribution < -0.4 is 27.8 Å². The number of rotatable bonds is 11. The average Bonchev–Trinajstić information content (AvgIpc) is 3.12. The molecule has 31 heavy (non-hydrogen) atoms. The Morgan fingerprint density at radius 2 is 1.87 bits per heavy atom. The largest absolute Gasteiger partial charge is 0.480 e. The molecule has 0 radical (unpaired) electrons. The van der Waals surface area contributed by atoms with Crippen LogP contribution in [0.25, 0.3) is 10.9 Å². The molecule has 11 nitrogen and oxygen atoms in total. The molecule has 2 amide bonds. The minimum absolute atomic E-state index is 0.0868. The smallest absolute Gasteiger partial charge is 0.326 e. The van der Waals surface area contributed by atoms with E-state index in [1.807, 2.05) is 24.3 Å². The van der Waals surface area contributed by atoms with Crippen LogP contribution in [0.2, 0.25) is 0 Å². The molecule has 1 aromatic heterocycles. The monoisotopic (exact) mass is 431 g/mol. The highest BCUT2D eigenvalue weighted by Gasteiger charge is 2.25. The van der Waals surface area contributed by atoms with Crippen molar-refractivity contribution in [3.8, 4) is 0 Å². The third-order valence-corrected chi connectivity index (χ3v) is 4.76. The summed E-state index contributed by atoms with van der Waals surface area (Å²) in [6.45, 7) is 1.71. The van der Waals surface area contributed by atoms with E-state index in [9.17, 15) is 19.5 Å². The maximum absolute atomic E-state index is 12.4. The number of hydrogen-bond donors (Lipinski definition) is 7. The van der Waals surface area contributed by atoms with Crippen molar-refractivity contribution in [2.45, 2.75) is 44.3 Å². The lowest BCUT2D eigenvalue weighted by Gasteiger charge is -2.20. The predicted octanol–water partition coefficient (Wildman–Crippen LogP) is -0.835. The first-order chi connectivity index (χ1) is 14.7. The lowest BCUT2D eigenvalue weighted by atomic mass is 10.0. The molecule has 0 fully saturated rings. The van der Waals surface area contributed by atoms with Crippen LogP contribution in [0.1, 0.15) is 25.3 Å². The van der Waals surface area contributed by atoms with Crippen LogP contribution in [0.3, 0.4) is 0 Å². The highest BCUT2D eigenvalue weighted by Crippen LogP contribution is 2.18. The normalized spacial score (nSPS) is 13.7. The van der Waals surface area contributed by atoms with E-state index >= 15 is 0 Å². The minimum Gasteiger partial charge on any atom is -0.480 e. The number of carbonyl (C=O) groups excluding carboxylic acids is 2. The van der Waals surface area contributed by atoms with E-state index in [0.29, 0.717) is 6.42 Å². The van der Waals surface area contributed by atoms with E-state index in [-0.39, 0.29) is 25.3 Å². The molecule has 0 aliphatic rings. The molecular weight excluding hydrogens is 402 g/mol. The van der Waals surface area contributed by atoms with Crippen LogP contribution >= 0.6 is 0 Å². The van der Waals surface area contributed by atoms with Gasteiger partial charge in [-0.1, -0.05) is 18.2 Å². The van der Waals surface area contributed by atoms with Gasteiger partial charge in [-0.3, -0.25) is 14.6 Å². The zero-order chi connectivity index (χ0) is 23.0. The summed E-state index contributed by atoms with van der Waals surface area (Å²) in [4.78, 5) is 43.1. The fourth-order valence-electron chi connectivity index (χ4n) is 3.07. The number of benzene rings is 1. The number of H-pyrrole nitrogens is 1. The molecule has 3 atom stereocenters. The maximum Gasteiger partial charge on any atom is 0.326 e. The molecule has 2 rings (SSSR count). The summed E-state index contributed by atoms with van der Waals surface area (Å²) in [5, 5.41) is 15.2. The van der Waals surface area contributed by atoms with Gasteiger partial charge in [0.05, 0.1) is 6.04 Å². The summed E-state index contributed by atoms with van der Waals surface area (Å²) < 4.78 is 0. The van der Waals surface area contributed by atoms with Gasteiger partial charge in [0.1, 0.15) is 12.1 Å². The summed E-state index contributed by atoms with van der Waals surface area (Å²) in [6.07, 6.45) is 2.59. The number of aliphatic imine (C=N–C) groups is 1. The Hall–Kier alpha value is -3.60. The topological polar surface area (TPSA) is 202 Å². The van der Waals surface area contributed by atoms with Gasteiger partial charge in [-0.05, 0) is 37.8 Å². The summed E-state index contributed by atoms with van der Waals surface area (Å²) in [5.74, 6) is -2.40.